The molecule has 2 aromatic rings. The summed E-state index contributed by atoms with van der Waals surface area (Å²) in [5, 5.41) is 5.60. The Morgan fingerprint density at radius 1 is 1.14 bits per heavy atom. The zero-order chi connectivity index (χ0) is 20.8. The van der Waals surface area contributed by atoms with E-state index in [0.717, 1.165) is 25.2 Å². The highest BCUT2D eigenvalue weighted by Gasteiger charge is 2.23. The van der Waals surface area contributed by atoms with Gasteiger partial charge in [-0.05, 0) is 38.0 Å². The molecule has 1 aromatic heterocycles. The zero-order valence-corrected chi connectivity index (χ0v) is 17.2. The molecule has 1 fully saturated rings. The van der Waals surface area contributed by atoms with Crippen LogP contribution in [0.25, 0.3) is 0 Å². The Labute approximate surface area is 171 Å². The van der Waals surface area contributed by atoms with Gasteiger partial charge < -0.3 is 19.8 Å². The third-order valence-corrected chi connectivity index (χ3v) is 4.98. The minimum absolute atomic E-state index is 0.213. The van der Waals surface area contributed by atoms with Crippen LogP contribution in [0.3, 0.4) is 0 Å². The van der Waals surface area contributed by atoms with Gasteiger partial charge in [0.2, 0.25) is 5.91 Å². The van der Waals surface area contributed by atoms with Crippen molar-refractivity contribution in [2.24, 2.45) is 0 Å². The third-order valence-electron chi connectivity index (χ3n) is 4.98. The van der Waals surface area contributed by atoms with Gasteiger partial charge in [0, 0.05) is 26.2 Å². The van der Waals surface area contributed by atoms with E-state index in [-0.39, 0.29) is 24.0 Å². The van der Waals surface area contributed by atoms with Gasteiger partial charge in [-0.1, -0.05) is 24.3 Å². The van der Waals surface area contributed by atoms with Crippen LogP contribution in [0.2, 0.25) is 0 Å². The monoisotopic (exact) mass is 399 g/mol. The van der Waals surface area contributed by atoms with Crippen molar-refractivity contribution in [3.63, 3.8) is 0 Å². The van der Waals surface area contributed by atoms with Crippen molar-refractivity contribution in [3.05, 3.63) is 59.5 Å². The Bertz CT molecular complexity index is 811. The lowest BCUT2D eigenvalue weighted by molar-refractivity contribution is -0.122. The van der Waals surface area contributed by atoms with Gasteiger partial charge in [0.05, 0.1) is 24.0 Å². The van der Waals surface area contributed by atoms with Crippen LogP contribution in [0.15, 0.2) is 47.3 Å². The van der Waals surface area contributed by atoms with E-state index in [4.69, 9.17) is 9.15 Å². The van der Waals surface area contributed by atoms with Gasteiger partial charge in [-0.2, -0.15) is 0 Å². The number of morpholine rings is 1. The number of hydrogen-bond acceptors (Lipinski definition) is 5. The number of carbonyl (C=O) groups is 2. The number of benzene rings is 1. The van der Waals surface area contributed by atoms with Crippen LogP contribution in [0, 0.1) is 0 Å². The summed E-state index contributed by atoms with van der Waals surface area (Å²) in [7, 11) is 0. The first-order valence-corrected chi connectivity index (χ1v) is 9.97. The Morgan fingerprint density at radius 3 is 2.48 bits per heavy atom. The topological polar surface area (TPSA) is 83.8 Å². The van der Waals surface area contributed by atoms with Crippen LogP contribution in [0.4, 0.5) is 0 Å². The van der Waals surface area contributed by atoms with E-state index < -0.39 is 6.04 Å². The molecule has 0 radical (unpaired) electrons. The van der Waals surface area contributed by atoms with Gasteiger partial charge in [-0.15, -0.1) is 0 Å². The summed E-state index contributed by atoms with van der Waals surface area (Å²) in [6.45, 7) is 8.86. The van der Waals surface area contributed by atoms with Crippen molar-refractivity contribution in [1.29, 1.82) is 0 Å². The maximum atomic E-state index is 12.4. The van der Waals surface area contributed by atoms with Crippen LogP contribution in [0.1, 0.15) is 42.3 Å². The molecule has 0 aliphatic carbocycles. The predicted octanol–water partition coefficient (Wildman–Crippen LogP) is 2.32. The molecule has 0 unspecified atom stereocenters. The molecule has 1 aromatic carbocycles. The smallest absolute Gasteiger partial charge is 0.255 e. The minimum atomic E-state index is -0.648. The second-order valence-electron chi connectivity index (χ2n) is 7.65. The first-order valence-electron chi connectivity index (χ1n) is 9.97. The van der Waals surface area contributed by atoms with Gasteiger partial charge in [-0.3, -0.25) is 14.5 Å². The first-order chi connectivity index (χ1) is 13.9. The molecule has 0 spiro atoms. The highest BCUT2D eigenvalue weighted by atomic mass is 16.5. The van der Waals surface area contributed by atoms with Crippen LogP contribution in [-0.2, 0) is 22.6 Å². The minimum Gasteiger partial charge on any atom is -0.472 e. The highest BCUT2D eigenvalue weighted by Crippen LogP contribution is 2.17. The molecule has 1 aliphatic heterocycles. The molecule has 3 atom stereocenters. The van der Waals surface area contributed by atoms with Crippen molar-refractivity contribution in [2.75, 3.05) is 13.1 Å². The van der Waals surface area contributed by atoms with Gasteiger partial charge in [-0.25, -0.2) is 0 Å². The highest BCUT2D eigenvalue weighted by molar-refractivity contribution is 5.97. The van der Waals surface area contributed by atoms with Crippen molar-refractivity contribution in [3.8, 4) is 0 Å². The Balaban J connectivity index is 1.55. The summed E-state index contributed by atoms with van der Waals surface area (Å²) >= 11 is 0. The van der Waals surface area contributed by atoms with E-state index >= 15 is 0 Å². The molecule has 29 heavy (non-hydrogen) atoms. The second-order valence-corrected chi connectivity index (χ2v) is 7.65. The average molecular weight is 399 g/mol. The van der Waals surface area contributed by atoms with E-state index in [1.165, 1.54) is 18.1 Å². The van der Waals surface area contributed by atoms with E-state index in [9.17, 15) is 9.59 Å². The lowest BCUT2D eigenvalue weighted by Gasteiger charge is -2.35. The third kappa shape index (κ3) is 5.92. The fourth-order valence-electron chi connectivity index (χ4n) is 3.61. The molecule has 7 heteroatoms. The number of nitrogens with zero attached hydrogens (tertiary/aromatic N) is 1. The van der Waals surface area contributed by atoms with E-state index in [1.54, 1.807) is 13.0 Å². The zero-order valence-electron chi connectivity index (χ0n) is 17.2. The molecule has 1 aliphatic rings. The molecule has 0 bridgehead atoms. The lowest BCUT2D eigenvalue weighted by atomic mass is 10.1. The number of carbonyl (C=O) groups excluding carboxylic acids is 2. The van der Waals surface area contributed by atoms with Crippen LogP contribution >= 0.6 is 0 Å². The van der Waals surface area contributed by atoms with Gasteiger partial charge in [0.25, 0.3) is 5.91 Å². The Kier molecular flexibility index (Phi) is 7.06. The van der Waals surface area contributed by atoms with Crippen LogP contribution in [0.5, 0.6) is 0 Å². The van der Waals surface area contributed by atoms with Gasteiger partial charge in [0.15, 0.2) is 0 Å². The normalized spacial score (nSPS) is 20.8. The van der Waals surface area contributed by atoms with Crippen molar-refractivity contribution in [1.82, 2.24) is 15.5 Å². The summed E-state index contributed by atoms with van der Waals surface area (Å²) in [5.41, 5.74) is 2.65. The molecule has 2 N–H and O–H groups in total. The fraction of sp³-hybridized carbons (Fsp3) is 0.455. The summed E-state index contributed by atoms with van der Waals surface area (Å²) < 4.78 is 10.7. The number of nitrogens with one attached hydrogen (secondary N) is 2. The standard InChI is InChI=1S/C22H29N3O4/c1-15-11-25(12-16(2)29-15)13-19-7-5-4-6-18(19)10-23-21(26)17(3)24-22(27)20-8-9-28-14-20/h4-9,14-17H,10-13H2,1-3H3,(H,23,26)(H,24,27)/t15-,16-,17+/m1/s1. The predicted molar refractivity (Wildman–Crippen MR) is 109 cm³/mol. The van der Waals surface area contributed by atoms with Crippen molar-refractivity contribution < 1.29 is 18.7 Å². The lowest BCUT2D eigenvalue weighted by Crippen LogP contribution is -2.45. The number of furan rings is 1. The summed E-state index contributed by atoms with van der Waals surface area (Å²) in [4.78, 5) is 26.9. The second kappa shape index (κ2) is 9.71. The largest absolute Gasteiger partial charge is 0.472 e. The number of rotatable bonds is 7. The van der Waals surface area contributed by atoms with Crippen molar-refractivity contribution >= 4 is 11.8 Å². The maximum absolute atomic E-state index is 12.4. The molecule has 156 valence electrons. The van der Waals surface area contributed by atoms with Crippen LogP contribution < -0.4 is 10.6 Å². The van der Waals surface area contributed by atoms with Gasteiger partial charge in [0.1, 0.15) is 12.3 Å². The fourth-order valence-corrected chi connectivity index (χ4v) is 3.61. The number of ether oxygens (including phenoxy) is 1. The SMILES string of the molecule is C[C@@H]1CN(Cc2ccccc2CNC(=O)[C@H](C)NC(=O)c2ccoc2)C[C@@H](C)O1. The summed E-state index contributed by atoms with van der Waals surface area (Å²) in [6, 6.07) is 9.02. The molecule has 1 saturated heterocycles. The number of hydrogen-bond donors (Lipinski definition) is 2. The van der Waals surface area contributed by atoms with E-state index in [0.29, 0.717) is 12.1 Å². The molecule has 3 rings (SSSR count). The Morgan fingerprint density at radius 2 is 1.83 bits per heavy atom. The molecular weight excluding hydrogens is 370 g/mol. The quantitative estimate of drug-likeness (QED) is 0.747. The molecule has 0 saturated carbocycles. The summed E-state index contributed by atoms with van der Waals surface area (Å²) in [5.74, 6) is -0.567. The van der Waals surface area contributed by atoms with Crippen molar-refractivity contribution in [2.45, 2.75) is 52.1 Å². The number of amides is 2. The average Bonchev–Trinajstić information content (AvgIpc) is 3.21. The molecule has 2 amide bonds. The van der Waals surface area contributed by atoms with Gasteiger partial charge >= 0.3 is 0 Å². The van der Waals surface area contributed by atoms with E-state index in [1.807, 2.05) is 18.2 Å². The molecular formula is C22H29N3O4. The van der Waals surface area contributed by atoms with Crippen LogP contribution in [-0.4, -0.2) is 48.1 Å². The summed E-state index contributed by atoms with van der Waals surface area (Å²) in [6.07, 6.45) is 3.20. The maximum Gasteiger partial charge on any atom is 0.255 e. The Hall–Kier alpha value is -2.64. The first kappa shape index (κ1) is 21.1. The molecule has 2 heterocycles. The van der Waals surface area contributed by atoms with E-state index in [2.05, 4.69) is 35.4 Å². The molecule has 7 nitrogen and oxygen atoms in total.